The van der Waals surface area contributed by atoms with Crippen LogP contribution in [0.15, 0.2) is 22.7 Å². The molecule has 0 fully saturated rings. The zero-order valence-electron chi connectivity index (χ0n) is 13.2. The Morgan fingerprint density at radius 3 is 2.68 bits per heavy atom. The average molecular weight is 370 g/mol. The van der Waals surface area contributed by atoms with Gasteiger partial charge in [0, 0.05) is 6.92 Å². The molecule has 1 aromatic heterocycles. The Morgan fingerprint density at radius 1 is 1.32 bits per heavy atom. The van der Waals surface area contributed by atoms with Crippen molar-refractivity contribution >= 4 is 29.4 Å². The van der Waals surface area contributed by atoms with Crippen LogP contribution in [0.1, 0.15) is 23.0 Å². The number of benzene rings is 1. The van der Waals surface area contributed by atoms with E-state index in [1.165, 1.54) is 26.0 Å². The first-order valence-electron chi connectivity index (χ1n) is 6.94. The van der Waals surface area contributed by atoms with E-state index in [2.05, 4.69) is 5.16 Å². The number of amides is 2. The third-order valence-corrected chi connectivity index (χ3v) is 3.29. The van der Waals surface area contributed by atoms with Crippen LogP contribution in [0, 0.1) is 12.7 Å². The minimum absolute atomic E-state index is 0.0331. The number of hydrogen-bond donors (Lipinski definition) is 2. The minimum Gasteiger partial charge on any atom is -0.452 e. The number of hydrogen-bond acceptors (Lipinski definition) is 6. The van der Waals surface area contributed by atoms with E-state index in [-0.39, 0.29) is 27.6 Å². The number of aromatic nitrogens is 1. The average Bonchev–Trinajstić information content (AvgIpc) is 2.92. The fourth-order valence-electron chi connectivity index (χ4n) is 1.90. The zero-order valence-corrected chi connectivity index (χ0v) is 13.9. The van der Waals surface area contributed by atoms with E-state index < -0.39 is 30.2 Å². The van der Waals surface area contributed by atoms with Crippen LogP contribution in [-0.4, -0.2) is 29.5 Å². The number of esters is 1. The number of carbonyl (C=O) groups excluding carboxylic acids is 3. The van der Waals surface area contributed by atoms with Gasteiger partial charge in [-0.25, -0.2) is 9.18 Å². The van der Waals surface area contributed by atoms with Gasteiger partial charge >= 0.3 is 5.97 Å². The Kier molecular flexibility index (Phi) is 5.71. The molecule has 132 valence electrons. The first-order valence-corrected chi connectivity index (χ1v) is 7.32. The van der Waals surface area contributed by atoms with E-state index >= 15 is 0 Å². The van der Waals surface area contributed by atoms with Gasteiger partial charge in [0.05, 0.1) is 10.6 Å². The normalized spacial score (nSPS) is 10.2. The molecule has 2 amide bonds. The SMILES string of the molecule is CC(=O)NNC(=O)COC(=O)c1c(-c2c(F)cccc2Cl)noc1C. The Hall–Kier alpha value is -2.94. The van der Waals surface area contributed by atoms with Gasteiger partial charge < -0.3 is 9.26 Å². The highest BCUT2D eigenvalue weighted by Gasteiger charge is 2.26. The summed E-state index contributed by atoms with van der Waals surface area (Å²) in [6.07, 6.45) is 0. The van der Waals surface area contributed by atoms with Crippen molar-refractivity contribution in [3.8, 4) is 11.3 Å². The summed E-state index contributed by atoms with van der Waals surface area (Å²) >= 11 is 5.97. The number of nitrogens with one attached hydrogen (secondary N) is 2. The molecule has 0 saturated heterocycles. The Morgan fingerprint density at radius 2 is 2.04 bits per heavy atom. The van der Waals surface area contributed by atoms with Crippen LogP contribution in [0.25, 0.3) is 11.3 Å². The molecule has 2 N–H and O–H groups in total. The molecule has 0 aliphatic heterocycles. The fraction of sp³-hybridized carbons (Fsp3) is 0.200. The molecule has 0 radical (unpaired) electrons. The number of hydrazine groups is 1. The van der Waals surface area contributed by atoms with Crippen molar-refractivity contribution in [3.63, 3.8) is 0 Å². The lowest BCUT2D eigenvalue weighted by Gasteiger charge is -2.07. The van der Waals surface area contributed by atoms with Crippen LogP contribution in [0.2, 0.25) is 5.02 Å². The largest absolute Gasteiger partial charge is 0.452 e. The van der Waals surface area contributed by atoms with Crippen LogP contribution in [0.3, 0.4) is 0 Å². The molecule has 0 aliphatic rings. The molecule has 0 unspecified atom stereocenters. The lowest BCUT2D eigenvalue weighted by molar-refractivity contribution is -0.129. The van der Waals surface area contributed by atoms with Gasteiger partial charge in [-0.05, 0) is 19.1 Å². The topological polar surface area (TPSA) is 111 Å². The second kappa shape index (κ2) is 7.75. The van der Waals surface area contributed by atoms with E-state index in [0.29, 0.717) is 0 Å². The van der Waals surface area contributed by atoms with Crippen LogP contribution < -0.4 is 10.9 Å². The summed E-state index contributed by atoms with van der Waals surface area (Å²) in [6, 6.07) is 3.99. The fourth-order valence-corrected chi connectivity index (χ4v) is 2.16. The van der Waals surface area contributed by atoms with E-state index in [1.54, 1.807) is 0 Å². The number of ether oxygens (including phenoxy) is 1. The zero-order chi connectivity index (χ0) is 18.6. The molecule has 0 spiro atoms. The molecule has 0 atom stereocenters. The standard InChI is InChI=1S/C15H13ClFN3O5/c1-7-12(15(23)24-6-11(22)19-18-8(2)21)14(20-25-7)13-9(16)4-3-5-10(13)17/h3-5H,6H2,1-2H3,(H,18,21)(H,19,22). The molecule has 8 nitrogen and oxygen atoms in total. The van der Waals surface area contributed by atoms with E-state index in [4.69, 9.17) is 20.9 Å². The number of carbonyl (C=O) groups is 3. The van der Waals surface area contributed by atoms with Gasteiger partial charge in [0.1, 0.15) is 22.8 Å². The molecule has 2 aromatic rings. The van der Waals surface area contributed by atoms with Crippen molar-refractivity contribution in [3.05, 3.63) is 40.4 Å². The maximum absolute atomic E-state index is 14.1. The van der Waals surface area contributed by atoms with Crippen LogP contribution in [0.5, 0.6) is 0 Å². The molecule has 0 saturated carbocycles. The third-order valence-electron chi connectivity index (χ3n) is 2.98. The van der Waals surface area contributed by atoms with E-state index in [1.807, 2.05) is 10.9 Å². The predicted octanol–water partition coefficient (Wildman–Crippen LogP) is 1.77. The van der Waals surface area contributed by atoms with Gasteiger partial charge in [-0.2, -0.15) is 0 Å². The van der Waals surface area contributed by atoms with Gasteiger partial charge in [-0.15, -0.1) is 0 Å². The summed E-state index contributed by atoms with van der Waals surface area (Å²) in [7, 11) is 0. The second-order valence-corrected chi connectivity index (χ2v) is 5.27. The summed E-state index contributed by atoms with van der Waals surface area (Å²) in [6.45, 7) is 1.95. The molecule has 0 aliphatic carbocycles. The van der Waals surface area contributed by atoms with E-state index in [0.717, 1.165) is 6.07 Å². The van der Waals surface area contributed by atoms with Crippen molar-refractivity contribution in [2.75, 3.05) is 6.61 Å². The molecule has 0 bridgehead atoms. The summed E-state index contributed by atoms with van der Waals surface area (Å²) in [4.78, 5) is 34.4. The Labute approximate surface area is 146 Å². The number of rotatable bonds is 4. The van der Waals surface area contributed by atoms with Gasteiger partial charge in [0.15, 0.2) is 6.61 Å². The Bertz CT molecular complexity index is 816. The van der Waals surface area contributed by atoms with Crippen LogP contribution in [0.4, 0.5) is 4.39 Å². The highest BCUT2D eigenvalue weighted by molar-refractivity contribution is 6.33. The third kappa shape index (κ3) is 4.32. The lowest BCUT2D eigenvalue weighted by Crippen LogP contribution is -2.42. The van der Waals surface area contributed by atoms with Gasteiger partial charge in [0.2, 0.25) is 5.91 Å². The summed E-state index contributed by atoms with van der Waals surface area (Å²) in [5, 5.41) is 3.69. The van der Waals surface area contributed by atoms with Gasteiger partial charge in [0.25, 0.3) is 5.91 Å². The van der Waals surface area contributed by atoms with Crippen LogP contribution >= 0.6 is 11.6 Å². The maximum Gasteiger partial charge on any atom is 0.344 e. The summed E-state index contributed by atoms with van der Waals surface area (Å²) in [5.74, 6) is -2.83. The first kappa shape index (κ1) is 18.4. The maximum atomic E-state index is 14.1. The van der Waals surface area contributed by atoms with Crippen molar-refractivity contribution in [2.45, 2.75) is 13.8 Å². The van der Waals surface area contributed by atoms with Gasteiger partial charge in [-0.3, -0.25) is 20.4 Å². The highest BCUT2D eigenvalue weighted by atomic mass is 35.5. The number of nitrogens with zero attached hydrogens (tertiary/aromatic N) is 1. The molecule has 1 aromatic carbocycles. The molecule has 10 heteroatoms. The van der Waals surface area contributed by atoms with Crippen molar-refractivity contribution < 1.29 is 28.0 Å². The predicted molar refractivity (Wildman–Crippen MR) is 83.9 cm³/mol. The van der Waals surface area contributed by atoms with Crippen molar-refractivity contribution in [1.82, 2.24) is 16.0 Å². The number of aryl methyl sites for hydroxylation is 1. The molecule has 1 heterocycles. The molecular weight excluding hydrogens is 357 g/mol. The molecular formula is C15H13ClFN3O5. The van der Waals surface area contributed by atoms with Crippen molar-refractivity contribution in [2.24, 2.45) is 0 Å². The number of halogens is 2. The minimum atomic E-state index is -0.953. The quantitative estimate of drug-likeness (QED) is 0.627. The highest BCUT2D eigenvalue weighted by Crippen LogP contribution is 2.33. The summed E-state index contributed by atoms with van der Waals surface area (Å²) < 4.78 is 23.8. The van der Waals surface area contributed by atoms with Gasteiger partial charge in [-0.1, -0.05) is 22.8 Å². The second-order valence-electron chi connectivity index (χ2n) is 4.86. The van der Waals surface area contributed by atoms with E-state index in [9.17, 15) is 18.8 Å². The summed E-state index contributed by atoms with van der Waals surface area (Å²) in [5.41, 5.74) is 3.67. The van der Waals surface area contributed by atoms with Crippen molar-refractivity contribution in [1.29, 1.82) is 0 Å². The smallest absolute Gasteiger partial charge is 0.344 e. The monoisotopic (exact) mass is 369 g/mol. The molecule has 2 rings (SSSR count). The lowest BCUT2D eigenvalue weighted by atomic mass is 10.1. The molecule has 25 heavy (non-hydrogen) atoms. The first-order chi connectivity index (χ1) is 11.8. The van der Waals surface area contributed by atoms with Crippen LogP contribution in [-0.2, 0) is 14.3 Å². The Balaban J connectivity index is 2.20.